The summed E-state index contributed by atoms with van der Waals surface area (Å²) in [6, 6.07) is -0.145. The first-order valence-corrected chi connectivity index (χ1v) is 8.87. The van der Waals surface area contributed by atoms with Crippen molar-refractivity contribution >= 4 is 17.2 Å². The summed E-state index contributed by atoms with van der Waals surface area (Å²) in [5, 5.41) is 19.6. The van der Waals surface area contributed by atoms with Crippen LogP contribution in [0.1, 0.15) is 39.9 Å². The highest BCUT2D eigenvalue weighted by Crippen LogP contribution is 2.38. The highest BCUT2D eigenvalue weighted by molar-refractivity contribution is 7.09. The highest BCUT2D eigenvalue weighted by atomic mass is 32.1. The first-order valence-electron chi connectivity index (χ1n) is 7.99. The molecule has 0 aromatic carbocycles. The van der Waals surface area contributed by atoms with Gasteiger partial charge in [0.25, 0.3) is 5.91 Å². The molecule has 8 heteroatoms. The number of nitrogens with zero attached hydrogens (tertiary/aromatic N) is 4. The number of thiazole rings is 1. The predicted molar refractivity (Wildman–Crippen MR) is 91.7 cm³/mol. The lowest BCUT2D eigenvalue weighted by atomic mass is 9.75. The van der Waals surface area contributed by atoms with Crippen LogP contribution in [-0.4, -0.2) is 50.9 Å². The zero-order valence-electron chi connectivity index (χ0n) is 14.1. The molecular formula is C16H23N5O2S. The molecule has 1 atom stereocenters. The van der Waals surface area contributed by atoms with Gasteiger partial charge in [0.15, 0.2) is 0 Å². The van der Waals surface area contributed by atoms with Gasteiger partial charge in [-0.15, -0.1) is 11.3 Å². The SMILES string of the molecule is CN(C)Cc1nc(C(=O)N[C@H](c2cnn(C)c2)C2CC(O)C2)cs1. The summed E-state index contributed by atoms with van der Waals surface area (Å²) in [6.07, 6.45) is 4.81. The summed E-state index contributed by atoms with van der Waals surface area (Å²) < 4.78 is 1.72. The Hall–Kier alpha value is -1.77. The van der Waals surface area contributed by atoms with Crippen molar-refractivity contribution in [2.75, 3.05) is 14.1 Å². The minimum absolute atomic E-state index is 0.145. The van der Waals surface area contributed by atoms with E-state index in [0.717, 1.165) is 17.1 Å². The van der Waals surface area contributed by atoms with Gasteiger partial charge < -0.3 is 15.3 Å². The molecule has 0 unspecified atom stereocenters. The van der Waals surface area contributed by atoms with Gasteiger partial charge in [0.05, 0.1) is 18.3 Å². The van der Waals surface area contributed by atoms with Gasteiger partial charge in [-0.25, -0.2) is 4.98 Å². The van der Waals surface area contributed by atoms with Crippen molar-refractivity contribution in [1.29, 1.82) is 0 Å². The molecule has 7 nitrogen and oxygen atoms in total. The van der Waals surface area contributed by atoms with Gasteiger partial charge in [-0.1, -0.05) is 0 Å². The van der Waals surface area contributed by atoms with Gasteiger partial charge in [0.1, 0.15) is 10.7 Å². The molecule has 2 N–H and O–H groups in total. The Morgan fingerprint density at radius 1 is 1.54 bits per heavy atom. The summed E-state index contributed by atoms with van der Waals surface area (Å²) in [5.41, 5.74) is 1.41. The number of hydrogen-bond acceptors (Lipinski definition) is 6. The monoisotopic (exact) mass is 349 g/mol. The van der Waals surface area contributed by atoms with Crippen molar-refractivity contribution in [1.82, 2.24) is 25.0 Å². The largest absolute Gasteiger partial charge is 0.393 e. The topological polar surface area (TPSA) is 83.3 Å². The zero-order chi connectivity index (χ0) is 17.3. The number of aryl methyl sites for hydroxylation is 1. The van der Waals surface area contributed by atoms with Crippen molar-refractivity contribution in [3.63, 3.8) is 0 Å². The molecule has 0 saturated heterocycles. The quantitative estimate of drug-likeness (QED) is 0.818. The smallest absolute Gasteiger partial charge is 0.271 e. The third-order valence-electron chi connectivity index (χ3n) is 4.23. The summed E-state index contributed by atoms with van der Waals surface area (Å²) in [7, 11) is 5.80. The number of aromatic nitrogens is 3. The minimum atomic E-state index is -0.267. The summed E-state index contributed by atoms with van der Waals surface area (Å²) >= 11 is 1.49. The molecule has 24 heavy (non-hydrogen) atoms. The molecule has 0 radical (unpaired) electrons. The molecule has 1 saturated carbocycles. The van der Waals surface area contributed by atoms with Crippen LogP contribution in [0.2, 0.25) is 0 Å². The van der Waals surface area contributed by atoms with Crippen LogP contribution in [0.15, 0.2) is 17.8 Å². The van der Waals surface area contributed by atoms with Crippen molar-refractivity contribution in [2.45, 2.75) is 31.5 Å². The number of amides is 1. The van der Waals surface area contributed by atoms with E-state index in [2.05, 4.69) is 15.4 Å². The van der Waals surface area contributed by atoms with E-state index in [4.69, 9.17) is 0 Å². The van der Waals surface area contributed by atoms with Crippen molar-refractivity contribution in [3.8, 4) is 0 Å². The summed E-state index contributed by atoms with van der Waals surface area (Å²) in [4.78, 5) is 19.0. The van der Waals surface area contributed by atoms with E-state index >= 15 is 0 Å². The lowest BCUT2D eigenvalue weighted by Gasteiger charge is -2.37. The van der Waals surface area contributed by atoms with Crippen LogP contribution in [0.3, 0.4) is 0 Å². The molecule has 0 aliphatic heterocycles. The Labute approximate surface area is 145 Å². The number of nitrogens with one attached hydrogen (secondary N) is 1. The van der Waals surface area contributed by atoms with Crippen molar-refractivity contribution in [3.05, 3.63) is 34.0 Å². The Morgan fingerprint density at radius 3 is 2.88 bits per heavy atom. The second-order valence-electron chi connectivity index (χ2n) is 6.65. The number of carbonyl (C=O) groups excluding carboxylic acids is 1. The molecular weight excluding hydrogens is 326 g/mol. The van der Waals surface area contributed by atoms with E-state index in [9.17, 15) is 9.90 Å². The fraction of sp³-hybridized carbons (Fsp3) is 0.562. The first kappa shape index (κ1) is 17.1. The van der Waals surface area contributed by atoms with Crippen LogP contribution < -0.4 is 5.32 Å². The standard InChI is InChI=1S/C16H23N5O2S/c1-20(2)8-14-18-13(9-24-14)16(23)19-15(10-4-12(22)5-10)11-6-17-21(3)7-11/h6-7,9-10,12,15,22H,4-5,8H2,1-3H3,(H,19,23)/t10?,12?,15-/m0/s1. The molecule has 3 rings (SSSR count). The van der Waals surface area contributed by atoms with Crippen molar-refractivity contribution < 1.29 is 9.90 Å². The average Bonchev–Trinajstić information content (AvgIpc) is 3.10. The molecule has 2 heterocycles. The molecule has 1 amide bonds. The molecule has 0 spiro atoms. The third-order valence-corrected chi connectivity index (χ3v) is 5.06. The summed E-state index contributed by atoms with van der Waals surface area (Å²) in [6.45, 7) is 0.721. The molecule has 2 aromatic rings. The highest BCUT2D eigenvalue weighted by Gasteiger charge is 2.36. The van der Waals surface area contributed by atoms with Gasteiger partial charge >= 0.3 is 0 Å². The van der Waals surface area contributed by atoms with Crippen LogP contribution in [0.4, 0.5) is 0 Å². The lowest BCUT2D eigenvalue weighted by molar-refractivity contribution is 0.0234. The number of carbonyl (C=O) groups is 1. The number of hydrogen-bond donors (Lipinski definition) is 2. The molecule has 1 aliphatic rings. The third kappa shape index (κ3) is 3.82. The zero-order valence-corrected chi connectivity index (χ0v) is 15.0. The first-order chi connectivity index (χ1) is 11.4. The van der Waals surface area contributed by atoms with Crippen LogP contribution in [-0.2, 0) is 13.6 Å². The van der Waals surface area contributed by atoms with Gasteiger partial charge in [-0.2, -0.15) is 5.10 Å². The van der Waals surface area contributed by atoms with Crippen LogP contribution in [0.5, 0.6) is 0 Å². The Balaban J connectivity index is 1.72. The van der Waals surface area contributed by atoms with E-state index in [1.54, 1.807) is 16.3 Å². The molecule has 0 bridgehead atoms. The van der Waals surface area contributed by atoms with Gasteiger partial charge in [0.2, 0.25) is 0 Å². The molecule has 2 aromatic heterocycles. The van der Waals surface area contributed by atoms with E-state index in [1.165, 1.54) is 11.3 Å². The molecule has 130 valence electrons. The maximum Gasteiger partial charge on any atom is 0.271 e. The molecule has 1 aliphatic carbocycles. The Morgan fingerprint density at radius 2 is 2.29 bits per heavy atom. The summed E-state index contributed by atoms with van der Waals surface area (Å²) in [5.74, 6) is 0.0551. The fourth-order valence-electron chi connectivity index (χ4n) is 2.95. The van der Waals surface area contributed by atoms with Gasteiger partial charge in [-0.05, 0) is 32.9 Å². The van der Waals surface area contributed by atoms with Crippen LogP contribution >= 0.6 is 11.3 Å². The van der Waals surface area contributed by atoms with Crippen molar-refractivity contribution in [2.24, 2.45) is 13.0 Å². The van der Waals surface area contributed by atoms with E-state index in [0.29, 0.717) is 18.5 Å². The maximum atomic E-state index is 12.6. The predicted octanol–water partition coefficient (Wildman–Crippen LogP) is 1.18. The number of aliphatic hydroxyl groups is 1. The second kappa shape index (κ2) is 7.00. The van der Waals surface area contributed by atoms with Crippen LogP contribution in [0, 0.1) is 5.92 Å². The molecule has 1 fully saturated rings. The Bertz CT molecular complexity index is 705. The van der Waals surface area contributed by atoms with E-state index in [1.807, 2.05) is 32.2 Å². The number of aliphatic hydroxyl groups excluding tert-OH is 1. The normalized spacial score (nSPS) is 21.5. The fourth-order valence-corrected chi connectivity index (χ4v) is 3.84. The van der Waals surface area contributed by atoms with E-state index < -0.39 is 0 Å². The second-order valence-corrected chi connectivity index (χ2v) is 7.59. The maximum absolute atomic E-state index is 12.6. The average molecular weight is 349 g/mol. The van der Waals surface area contributed by atoms with Gasteiger partial charge in [-0.3, -0.25) is 9.48 Å². The minimum Gasteiger partial charge on any atom is -0.393 e. The Kier molecular flexibility index (Phi) is 4.98. The lowest BCUT2D eigenvalue weighted by Crippen LogP contribution is -2.41. The number of rotatable bonds is 6. The van der Waals surface area contributed by atoms with Crippen LogP contribution in [0.25, 0.3) is 0 Å². The van der Waals surface area contributed by atoms with E-state index in [-0.39, 0.29) is 24.0 Å². The van der Waals surface area contributed by atoms with Gasteiger partial charge in [0, 0.05) is 30.7 Å².